The fourth-order valence-corrected chi connectivity index (χ4v) is 9.37. The lowest BCUT2D eigenvalue weighted by molar-refractivity contribution is -0.369. The molecular formula is C35H73BrO11Si3. The smallest absolute Gasteiger partial charge is 0.187 e. The van der Waals surface area contributed by atoms with Crippen LogP contribution in [0.25, 0.3) is 0 Å². The van der Waals surface area contributed by atoms with Crippen molar-refractivity contribution in [3.05, 3.63) is 0 Å². The number of ether oxygens (including phenoxy) is 7. The van der Waals surface area contributed by atoms with Gasteiger partial charge in [0, 0.05) is 25.2 Å². The third-order valence-corrected chi connectivity index (χ3v) is 11.3. The zero-order valence-electron chi connectivity index (χ0n) is 33.4. The molecule has 0 spiro atoms. The third-order valence-electron chi connectivity index (χ3n) is 8.02. The van der Waals surface area contributed by atoms with Crippen LogP contribution in [0.1, 0.15) is 59.3 Å². The van der Waals surface area contributed by atoms with E-state index >= 15 is 0 Å². The van der Waals surface area contributed by atoms with Gasteiger partial charge in [-0.2, -0.15) is 0 Å². The topological polar surface area (TPSA) is 113 Å². The SMILES string of the molecule is CCCCOCC1O[C@H](OCCBr)[C@H](O[C@H]2OC(CO)[C@@H](O[Si](C)(C)C)C(O[Si](C)(C)C)[C@H]2O[Si](C)(C)C)C(OCCCC)[C@@H]1OCCCC. The lowest BCUT2D eigenvalue weighted by Gasteiger charge is -2.52. The predicted octanol–water partition coefficient (Wildman–Crippen LogP) is 7.07. The number of unbranched alkanes of at least 4 members (excludes halogenated alkanes) is 3. The molecule has 0 bridgehead atoms. The summed E-state index contributed by atoms with van der Waals surface area (Å²) in [5.41, 5.74) is 0. The van der Waals surface area contributed by atoms with Crippen molar-refractivity contribution in [2.75, 3.05) is 45.0 Å². The van der Waals surface area contributed by atoms with E-state index in [-0.39, 0.29) is 6.61 Å². The molecule has 2 saturated heterocycles. The normalized spacial score (nSPS) is 31.3. The highest BCUT2D eigenvalue weighted by molar-refractivity contribution is 9.09. The quantitative estimate of drug-likeness (QED) is 0.0579. The number of hydrogen-bond acceptors (Lipinski definition) is 11. The van der Waals surface area contributed by atoms with Crippen molar-refractivity contribution in [1.29, 1.82) is 0 Å². The Labute approximate surface area is 315 Å². The van der Waals surface area contributed by atoms with Crippen molar-refractivity contribution in [2.45, 2.75) is 180 Å². The molecule has 10 atom stereocenters. The van der Waals surface area contributed by atoms with Crippen LogP contribution in [0.15, 0.2) is 0 Å². The Kier molecular flexibility index (Phi) is 21.5. The molecule has 0 aromatic heterocycles. The molecule has 2 heterocycles. The van der Waals surface area contributed by atoms with Gasteiger partial charge in [0.1, 0.15) is 48.8 Å². The van der Waals surface area contributed by atoms with Crippen LogP contribution in [0, 0.1) is 0 Å². The van der Waals surface area contributed by atoms with Crippen LogP contribution in [-0.4, -0.2) is 136 Å². The van der Waals surface area contributed by atoms with Gasteiger partial charge in [-0.15, -0.1) is 0 Å². The van der Waals surface area contributed by atoms with E-state index in [0.29, 0.717) is 38.4 Å². The summed E-state index contributed by atoms with van der Waals surface area (Å²) in [6.45, 7) is 27.9. The van der Waals surface area contributed by atoms with Gasteiger partial charge in [0.15, 0.2) is 37.5 Å². The van der Waals surface area contributed by atoms with Crippen LogP contribution in [0.2, 0.25) is 58.9 Å². The van der Waals surface area contributed by atoms with Gasteiger partial charge in [-0.25, -0.2) is 0 Å². The monoisotopic (exact) mass is 832 g/mol. The molecule has 0 aromatic carbocycles. The lowest BCUT2D eigenvalue weighted by atomic mass is 9.96. The van der Waals surface area contributed by atoms with Crippen molar-refractivity contribution in [3.63, 3.8) is 0 Å². The minimum Gasteiger partial charge on any atom is -0.409 e. The van der Waals surface area contributed by atoms with Gasteiger partial charge in [-0.3, -0.25) is 0 Å². The fraction of sp³-hybridized carbons (Fsp3) is 1.00. The highest BCUT2D eigenvalue weighted by atomic mass is 79.9. The minimum absolute atomic E-state index is 0.263. The zero-order valence-corrected chi connectivity index (χ0v) is 38.0. The Bertz CT molecular complexity index is 905. The molecular weight excluding hydrogens is 761 g/mol. The molecule has 0 saturated carbocycles. The molecule has 0 aromatic rings. The van der Waals surface area contributed by atoms with Crippen LogP contribution in [-0.2, 0) is 46.4 Å². The average Bonchev–Trinajstić information content (AvgIpc) is 3.01. The summed E-state index contributed by atoms with van der Waals surface area (Å²) >= 11 is 3.52. The van der Waals surface area contributed by atoms with Crippen LogP contribution in [0.3, 0.4) is 0 Å². The maximum absolute atomic E-state index is 10.8. The number of rotatable bonds is 25. The summed E-state index contributed by atoms with van der Waals surface area (Å²) in [6, 6.07) is 0. The van der Waals surface area contributed by atoms with Crippen LogP contribution < -0.4 is 0 Å². The molecule has 15 heteroatoms. The van der Waals surface area contributed by atoms with E-state index in [1.807, 2.05) is 0 Å². The molecule has 4 unspecified atom stereocenters. The second-order valence-electron chi connectivity index (χ2n) is 16.3. The fourth-order valence-electron chi connectivity index (χ4n) is 5.93. The van der Waals surface area contributed by atoms with E-state index in [4.69, 9.17) is 46.4 Å². The number of alkyl halides is 1. The van der Waals surface area contributed by atoms with E-state index in [1.54, 1.807) is 0 Å². The molecule has 0 radical (unpaired) electrons. The molecule has 2 aliphatic heterocycles. The van der Waals surface area contributed by atoms with Crippen LogP contribution in [0.5, 0.6) is 0 Å². The van der Waals surface area contributed by atoms with Crippen molar-refractivity contribution >= 4 is 40.9 Å². The number of hydrogen-bond donors (Lipinski definition) is 1. The van der Waals surface area contributed by atoms with Gasteiger partial charge in [-0.05, 0) is 78.2 Å². The first-order valence-electron chi connectivity index (χ1n) is 19.1. The molecule has 11 nitrogen and oxygen atoms in total. The van der Waals surface area contributed by atoms with Crippen molar-refractivity contribution in [2.24, 2.45) is 0 Å². The molecule has 1 N–H and O–H groups in total. The summed E-state index contributed by atoms with van der Waals surface area (Å²) in [7, 11) is -6.49. The van der Waals surface area contributed by atoms with Gasteiger partial charge >= 0.3 is 0 Å². The highest BCUT2D eigenvalue weighted by Gasteiger charge is 2.56. The van der Waals surface area contributed by atoms with Crippen molar-refractivity contribution in [3.8, 4) is 0 Å². The van der Waals surface area contributed by atoms with Crippen LogP contribution in [0.4, 0.5) is 0 Å². The summed E-state index contributed by atoms with van der Waals surface area (Å²) in [4.78, 5) is 0. The Morgan fingerprint density at radius 1 is 0.540 bits per heavy atom. The maximum atomic E-state index is 10.8. The zero-order chi connectivity index (χ0) is 37.5. The first-order chi connectivity index (χ1) is 23.5. The Hall–Kier alpha value is 0.691. The van der Waals surface area contributed by atoms with Gasteiger partial charge in [-0.1, -0.05) is 56.0 Å². The van der Waals surface area contributed by atoms with Crippen LogP contribution >= 0.6 is 15.9 Å². The van der Waals surface area contributed by atoms with E-state index in [0.717, 1.165) is 38.5 Å². The van der Waals surface area contributed by atoms with Gasteiger partial charge in [0.25, 0.3) is 0 Å². The largest absolute Gasteiger partial charge is 0.409 e. The first kappa shape index (κ1) is 46.8. The summed E-state index contributed by atoms with van der Waals surface area (Å²) in [5.74, 6) is 0. The second-order valence-corrected chi connectivity index (χ2v) is 30.5. The molecule has 2 fully saturated rings. The highest BCUT2D eigenvalue weighted by Crippen LogP contribution is 2.37. The molecule has 0 aliphatic carbocycles. The maximum Gasteiger partial charge on any atom is 0.187 e. The average molecular weight is 834 g/mol. The summed E-state index contributed by atoms with van der Waals surface area (Å²) < 4.78 is 66.9. The third kappa shape index (κ3) is 16.6. The van der Waals surface area contributed by atoms with Gasteiger partial charge < -0.3 is 51.5 Å². The standard InChI is InChI=1S/C35H73BrO11Si3/c1-13-16-20-38-25-27-28(39-21-17-14-2)30(40-22-18-15-3)32(34(43-27)41-23-19-36)44-35-33(47-50(10,11)12)31(46-49(7,8)9)29(26(24-37)42-35)45-48(4,5)6/h26-35,37H,13-25H2,1-12H3/t26?,27?,28-,29-,30?,31?,32-,33-,34+,35-/m1/s1. The molecule has 2 aliphatic rings. The Morgan fingerprint density at radius 2 is 1.04 bits per heavy atom. The van der Waals surface area contributed by atoms with E-state index in [9.17, 15) is 5.11 Å². The predicted molar refractivity (Wildman–Crippen MR) is 209 cm³/mol. The molecule has 50 heavy (non-hydrogen) atoms. The Balaban J connectivity index is 2.66. The number of aliphatic hydroxyl groups is 1. The lowest BCUT2D eigenvalue weighted by Crippen LogP contribution is -2.68. The first-order valence-corrected chi connectivity index (χ1v) is 30.4. The van der Waals surface area contributed by atoms with Crippen molar-refractivity contribution < 1.29 is 51.5 Å². The molecule has 2 rings (SSSR count). The summed E-state index contributed by atoms with van der Waals surface area (Å²) in [6.07, 6.45) is -0.572. The Morgan fingerprint density at radius 3 is 1.56 bits per heavy atom. The minimum atomic E-state index is -2.21. The number of aliphatic hydroxyl groups excluding tert-OH is 1. The number of halogens is 1. The van der Waals surface area contributed by atoms with E-state index < -0.39 is 86.4 Å². The van der Waals surface area contributed by atoms with Gasteiger partial charge in [0.05, 0.1) is 19.8 Å². The van der Waals surface area contributed by atoms with E-state index in [2.05, 4.69) is 95.6 Å². The van der Waals surface area contributed by atoms with E-state index in [1.165, 1.54) is 0 Å². The van der Waals surface area contributed by atoms with Gasteiger partial charge in [0.2, 0.25) is 0 Å². The molecule has 0 amide bonds. The van der Waals surface area contributed by atoms with Crippen molar-refractivity contribution in [1.82, 2.24) is 0 Å². The summed E-state index contributed by atoms with van der Waals surface area (Å²) in [5, 5.41) is 11.4. The molecule has 298 valence electrons. The second kappa shape index (κ2) is 22.9.